The summed E-state index contributed by atoms with van der Waals surface area (Å²) < 4.78 is 8.01. The highest BCUT2D eigenvalue weighted by molar-refractivity contribution is 7.71. The van der Waals surface area contributed by atoms with Gasteiger partial charge in [0.05, 0.1) is 12.6 Å². The van der Waals surface area contributed by atoms with Crippen molar-refractivity contribution >= 4 is 12.2 Å². The molecule has 0 radical (unpaired) electrons. The fourth-order valence-corrected chi connectivity index (χ4v) is 1.87. The van der Waals surface area contributed by atoms with Crippen molar-refractivity contribution in [1.82, 2.24) is 14.8 Å². The lowest BCUT2D eigenvalue weighted by atomic mass is 10.2. The summed E-state index contributed by atoms with van der Waals surface area (Å²) in [6.45, 7) is 3.54. The Kier molecular flexibility index (Phi) is 1.98. The smallest absolute Gasteiger partial charge is 0.195 e. The summed E-state index contributed by atoms with van der Waals surface area (Å²) in [6.07, 6.45) is 1.04. The fourth-order valence-electron chi connectivity index (χ4n) is 1.54. The third kappa shape index (κ3) is 1.19. The van der Waals surface area contributed by atoms with Gasteiger partial charge in [-0.2, -0.15) is 5.10 Å². The van der Waals surface area contributed by atoms with Gasteiger partial charge < -0.3 is 4.74 Å². The number of aryl methyl sites for hydroxylation is 1. The molecule has 0 spiro atoms. The number of hydrogen-bond donors (Lipinski definition) is 1. The number of aromatic nitrogens is 3. The molecule has 0 saturated carbocycles. The van der Waals surface area contributed by atoms with E-state index in [0.29, 0.717) is 10.8 Å². The predicted octanol–water partition coefficient (Wildman–Crippen LogP) is 1.21. The van der Waals surface area contributed by atoms with Crippen LogP contribution in [0.1, 0.15) is 18.3 Å². The van der Waals surface area contributed by atoms with Crippen LogP contribution in [0.3, 0.4) is 0 Å². The van der Waals surface area contributed by atoms with Crippen molar-refractivity contribution in [3.8, 4) is 0 Å². The van der Waals surface area contributed by atoms with E-state index in [1.807, 2.05) is 11.5 Å². The Morgan fingerprint density at radius 1 is 1.75 bits per heavy atom. The van der Waals surface area contributed by atoms with Crippen LogP contribution in [0.15, 0.2) is 0 Å². The zero-order valence-corrected chi connectivity index (χ0v) is 7.73. The molecule has 1 N–H and O–H groups in total. The molecule has 2 heterocycles. The summed E-state index contributed by atoms with van der Waals surface area (Å²) in [5.41, 5.74) is 0. The highest BCUT2D eigenvalue weighted by Crippen LogP contribution is 2.19. The molecule has 1 atom stereocenters. The molecule has 1 aliphatic rings. The van der Waals surface area contributed by atoms with Crippen LogP contribution in [0.4, 0.5) is 0 Å². The number of ether oxygens (including phenoxy) is 1. The molecule has 1 fully saturated rings. The Balaban J connectivity index is 2.37. The van der Waals surface area contributed by atoms with E-state index in [0.717, 1.165) is 25.5 Å². The number of nitrogens with zero attached hydrogens (tertiary/aromatic N) is 2. The van der Waals surface area contributed by atoms with Crippen molar-refractivity contribution in [3.63, 3.8) is 0 Å². The van der Waals surface area contributed by atoms with Crippen molar-refractivity contribution in [2.75, 3.05) is 13.2 Å². The molecule has 66 valence electrons. The first-order valence-electron chi connectivity index (χ1n) is 4.00. The molecular weight excluding hydrogens is 174 g/mol. The van der Waals surface area contributed by atoms with Crippen molar-refractivity contribution in [1.29, 1.82) is 0 Å². The van der Waals surface area contributed by atoms with Crippen molar-refractivity contribution in [3.05, 3.63) is 10.6 Å². The van der Waals surface area contributed by atoms with E-state index >= 15 is 0 Å². The monoisotopic (exact) mass is 185 g/mol. The molecule has 1 aromatic heterocycles. The Labute approximate surface area is 75.5 Å². The SMILES string of the molecule is Cc1n[nH]c(=S)n1C1CCOC1. The molecule has 4 nitrogen and oxygen atoms in total. The first-order valence-corrected chi connectivity index (χ1v) is 4.41. The zero-order valence-electron chi connectivity index (χ0n) is 6.91. The van der Waals surface area contributed by atoms with E-state index in [2.05, 4.69) is 10.2 Å². The fraction of sp³-hybridized carbons (Fsp3) is 0.714. The number of aromatic amines is 1. The number of nitrogens with one attached hydrogen (secondary N) is 1. The van der Waals surface area contributed by atoms with Crippen molar-refractivity contribution in [2.24, 2.45) is 0 Å². The van der Waals surface area contributed by atoms with Crippen LogP contribution in [0, 0.1) is 11.7 Å². The third-order valence-electron chi connectivity index (χ3n) is 2.15. The summed E-state index contributed by atoms with van der Waals surface area (Å²) in [5.74, 6) is 0.940. The van der Waals surface area contributed by atoms with Crippen LogP contribution >= 0.6 is 12.2 Å². The van der Waals surface area contributed by atoms with Crippen molar-refractivity contribution < 1.29 is 4.74 Å². The summed E-state index contributed by atoms with van der Waals surface area (Å²) in [4.78, 5) is 0. The largest absolute Gasteiger partial charge is 0.379 e. The molecule has 0 aromatic carbocycles. The van der Waals surface area contributed by atoms with E-state index < -0.39 is 0 Å². The first-order chi connectivity index (χ1) is 5.79. The lowest BCUT2D eigenvalue weighted by Crippen LogP contribution is -2.10. The van der Waals surface area contributed by atoms with E-state index in [-0.39, 0.29) is 0 Å². The van der Waals surface area contributed by atoms with Crippen LogP contribution in [0.25, 0.3) is 0 Å². The van der Waals surface area contributed by atoms with Gasteiger partial charge in [-0.1, -0.05) is 0 Å². The Morgan fingerprint density at radius 2 is 2.58 bits per heavy atom. The Bertz CT molecular complexity index is 324. The Hall–Kier alpha value is -0.680. The quantitative estimate of drug-likeness (QED) is 0.669. The normalized spacial score (nSPS) is 23.2. The summed E-state index contributed by atoms with van der Waals surface area (Å²) >= 11 is 5.10. The average molecular weight is 185 g/mol. The molecule has 1 aliphatic heterocycles. The standard InChI is InChI=1S/C7H11N3OS/c1-5-8-9-7(12)10(5)6-2-3-11-4-6/h6H,2-4H2,1H3,(H,9,12). The van der Waals surface area contributed by atoms with Crippen LogP contribution in [-0.2, 0) is 4.74 Å². The van der Waals surface area contributed by atoms with Crippen molar-refractivity contribution in [2.45, 2.75) is 19.4 Å². The van der Waals surface area contributed by atoms with Crippen LogP contribution in [-0.4, -0.2) is 28.0 Å². The topological polar surface area (TPSA) is 42.8 Å². The lowest BCUT2D eigenvalue weighted by molar-refractivity contribution is 0.186. The van der Waals surface area contributed by atoms with Crippen LogP contribution < -0.4 is 0 Å². The first kappa shape index (κ1) is 7.94. The number of H-pyrrole nitrogens is 1. The highest BCUT2D eigenvalue weighted by Gasteiger charge is 2.19. The van der Waals surface area contributed by atoms with E-state index in [4.69, 9.17) is 17.0 Å². The van der Waals surface area contributed by atoms with Crippen LogP contribution in [0.2, 0.25) is 0 Å². The molecule has 0 amide bonds. The molecule has 2 rings (SSSR count). The predicted molar refractivity (Wildman–Crippen MR) is 46.6 cm³/mol. The van der Waals surface area contributed by atoms with Gasteiger partial charge >= 0.3 is 0 Å². The van der Waals surface area contributed by atoms with Gasteiger partial charge in [-0.25, -0.2) is 0 Å². The summed E-state index contributed by atoms with van der Waals surface area (Å²) in [5, 5.41) is 6.82. The maximum absolute atomic E-state index is 5.28. The Morgan fingerprint density at radius 3 is 3.08 bits per heavy atom. The minimum atomic E-state index is 0.385. The maximum Gasteiger partial charge on any atom is 0.195 e. The second kappa shape index (κ2) is 2.99. The van der Waals surface area contributed by atoms with E-state index in [1.54, 1.807) is 0 Å². The molecule has 1 unspecified atom stereocenters. The van der Waals surface area contributed by atoms with Gasteiger partial charge in [0.1, 0.15) is 5.82 Å². The van der Waals surface area contributed by atoms with Gasteiger partial charge in [0.2, 0.25) is 0 Å². The zero-order chi connectivity index (χ0) is 8.55. The van der Waals surface area contributed by atoms with Gasteiger partial charge in [-0.3, -0.25) is 9.67 Å². The molecule has 12 heavy (non-hydrogen) atoms. The van der Waals surface area contributed by atoms with E-state index in [1.165, 1.54) is 0 Å². The average Bonchev–Trinajstić information content (AvgIpc) is 2.61. The molecule has 1 aromatic rings. The van der Waals surface area contributed by atoms with Gasteiger partial charge in [-0.15, -0.1) is 0 Å². The molecule has 1 saturated heterocycles. The minimum absolute atomic E-state index is 0.385. The van der Waals surface area contributed by atoms with Crippen LogP contribution in [0.5, 0.6) is 0 Å². The highest BCUT2D eigenvalue weighted by atomic mass is 32.1. The molecular formula is C7H11N3OS. The maximum atomic E-state index is 5.28. The third-order valence-corrected chi connectivity index (χ3v) is 2.44. The van der Waals surface area contributed by atoms with E-state index in [9.17, 15) is 0 Å². The van der Waals surface area contributed by atoms with Gasteiger partial charge in [-0.05, 0) is 25.6 Å². The van der Waals surface area contributed by atoms with Gasteiger partial charge in [0.25, 0.3) is 0 Å². The lowest BCUT2D eigenvalue weighted by Gasteiger charge is -2.09. The second-order valence-electron chi connectivity index (χ2n) is 2.96. The summed E-state index contributed by atoms with van der Waals surface area (Å²) in [7, 11) is 0. The minimum Gasteiger partial charge on any atom is -0.379 e. The number of rotatable bonds is 1. The number of hydrogen-bond acceptors (Lipinski definition) is 3. The molecule has 0 aliphatic carbocycles. The van der Waals surface area contributed by atoms with Gasteiger partial charge in [0, 0.05) is 6.61 Å². The summed E-state index contributed by atoms with van der Waals surface area (Å²) in [6, 6.07) is 0.385. The second-order valence-corrected chi connectivity index (χ2v) is 3.35. The van der Waals surface area contributed by atoms with Gasteiger partial charge in [0.15, 0.2) is 4.77 Å². The molecule has 5 heteroatoms. The molecule has 0 bridgehead atoms.